The lowest BCUT2D eigenvalue weighted by Gasteiger charge is -2.12. The fourth-order valence-electron chi connectivity index (χ4n) is 1.83. The number of halogens is 2. The molecule has 0 aromatic heterocycles. The average Bonchev–Trinajstić information content (AvgIpc) is 2.40. The number of methoxy groups -OCH3 is 1. The molecule has 0 saturated heterocycles. The van der Waals surface area contributed by atoms with E-state index in [1.165, 1.54) is 11.1 Å². The Labute approximate surface area is 126 Å². The summed E-state index contributed by atoms with van der Waals surface area (Å²) in [5.41, 5.74) is 3.33. The average molecular weight is 341 g/mol. The zero-order valence-corrected chi connectivity index (χ0v) is 13.2. The number of benzene rings is 2. The second kappa shape index (κ2) is 6.31. The van der Waals surface area contributed by atoms with E-state index in [2.05, 4.69) is 46.4 Å². The van der Waals surface area contributed by atoms with Crippen LogP contribution in [0.5, 0.6) is 5.75 Å². The van der Waals surface area contributed by atoms with Gasteiger partial charge in [0.1, 0.15) is 5.75 Å². The van der Waals surface area contributed by atoms with Crippen LogP contribution >= 0.6 is 27.5 Å². The first-order valence-electron chi connectivity index (χ1n) is 5.92. The largest absolute Gasteiger partial charge is 0.495 e. The normalized spacial score (nSPS) is 10.3. The van der Waals surface area contributed by atoms with Crippen LogP contribution in [0.3, 0.4) is 0 Å². The van der Waals surface area contributed by atoms with Crippen molar-refractivity contribution >= 4 is 33.2 Å². The number of hydrogen-bond donors (Lipinski definition) is 1. The van der Waals surface area contributed by atoms with Crippen LogP contribution in [0.1, 0.15) is 11.1 Å². The van der Waals surface area contributed by atoms with Crippen molar-refractivity contribution in [2.75, 3.05) is 12.4 Å². The number of anilines is 1. The first kappa shape index (κ1) is 14.2. The van der Waals surface area contributed by atoms with E-state index in [0.29, 0.717) is 5.02 Å². The minimum Gasteiger partial charge on any atom is -0.495 e. The third-order valence-electron chi connectivity index (χ3n) is 2.87. The molecule has 4 heteroatoms. The van der Waals surface area contributed by atoms with Gasteiger partial charge in [0.2, 0.25) is 0 Å². The molecule has 2 aromatic rings. The first-order chi connectivity index (χ1) is 9.10. The van der Waals surface area contributed by atoms with Crippen LogP contribution < -0.4 is 10.1 Å². The summed E-state index contributed by atoms with van der Waals surface area (Å²) < 4.78 is 6.42. The highest BCUT2D eigenvalue weighted by Crippen LogP contribution is 2.28. The van der Waals surface area contributed by atoms with Crippen LogP contribution in [-0.2, 0) is 6.54 Å². The highest BCUT2D eigenvalue weighted by Gasteiger charge is 2.04. The zero-order chi connectivity index (χ0) is 13.8. The van der Waals surface area contributed by atoms with Crippen LogP contribution in [0.4, 0.5) is 5.69 Å². The molecule has 19 heavy (non-hydrogen) atoms. The van der Waals surface area contributed by atoms with Gasteiger partial charge in [-0.05, 0) is 42.3 Å². The lowest BCUT2D eigenvalue weighted by Crippen LogP contribution is -2.01. The molecule has 100 valence electrons. The smallest absolute Gasteiger partial charge is 0.142 e. The molecule has 2 rings (SSSR count). The zero-order valence-electron chi connectivity index (χ0n) is 10.8. The van der Waals surface area contributed by atoms with Crippen molar-refractivity contribution in [2.45, 2.75) is 13.5 Å². The van der Waals surface area contributed by atoms with E-state index in [-0.39, 0.29) is 0 Å². The molecule has 0 atom stereocenters. The third-order valence-corrected chi connectivity index (χ3v) is 3.99. The van der Waals surface area contributed by atoms with Gasteiger partial charge in [-0.2, -0.15) is 0 Å². The van der Waals surface area contributed by atoms with E-state index in [1.54, 1.807) is 7.11 Å². The summed E-state index contributed by atoms with van der Waals surface area (Å²) in [6, 6.07) is 11.8. The summed E-state index contributed by atoms with van der Waals surface area (Å²) in [4.78, 5) is 0. The molecule has 0 aliphatic carbocycles. The Bertz CT molecular complexity index is 586. The van der Waals surface area contributed by atoms with Crippen LogP contribution in [0.15, 0.2) is 40.9 Å². The predicted molar refractivity (Wildman–Crippen MR) is 84.2 cm³/mol. The Balaban J connectivity index is 2.13. The number of aryl methyl sites for hydroxylation is 1. The predicted octanol–water partition coefficient (Wildman–Crippen LogP) is 5.03. The molecule has 0 radical (unpaired) electrons. The van der Waals surface area contributed by atoms with Crippen LogP contribution in [0, 0.1) is 6.92 Å². The highest BCUT2D eigenvalue weighted by molar-refractivity contribution is 9.10. The first-order valence-corrected chi connectivity index (χ1v) is 7.09. The van der Waals surface area contributed by atoms with E-state index in [0.717, 1.165) is 22.5 Å². The maximum Gasteiger partial charge on any atom is 0.142 e. The van der Waals surface area contributed by atoms with Gasteiger partial charge in [0.05, 0.1) is 12.8 Å². The van der Waals surface area contributed by atoms with Gasteiger partial charge in [0.25, 0.3) is 0 Å². The second-order valence-corrected chi connectivity index (χ2v) is 5.57. The molecule has 0 amide bonds. The molecule has 0 bridgehead atoms. The topological polar surface area (TPSA) is 21.3 Å². The molecule has 0 spiro atoms. The van der Waals surface area contributed by atoms with Crippen molar-refractivity contribution in [1.29, 1.82) is 0 Å². The van der Waals surface area contributed by atoms with Crippen LogP contribution in [-0.4, -0.2) is 7.11 Å². The monoisotopic (exact) mass is 339 g/mol. The Morgan fingerprint density at radius 2 is 2.00 bits per heavy atom. The van der Waals surface area contributed by atoms with Gasteiger partial charge in [-0.3, -0.25) is 0 Å². The molecule has 0 unspecified atom stereocenters. The van der Waals surface area contributed by atoms with Crippen molar-refractivity contribution in [3.63, 3.8) is 0 Å². The number of hydrogen-bond acceptors (Lipinski definition) is 2. The maximum atomic E-state index is 6.00. The Morgan fingerprint density at radius 1 is 1.21 bits per heavy atom. The van der Waals surface area contributed by atoms with Gasteiger partial charge in [0, 0.05) is 16.0 Å². The van der Waals surface area contributed by atoms with Crippen molar-refractivity contribution in [2.24, 2.45) is 0 Å². The second-order valence-electron chi connectivity index (χ2n) is 4.28. The fraction of sp³-hybridized carbons (Fsp3) is 0.200. The molecule has 0 heterocycles. The Kier molecular flexibility index (Phi) is 4.72. The molecule has 0 aliphatic rings. The van der Waals surface area contributed by atoms with Gasteiger partial charge in [-0.1, -0.05) is 39.7 Å². The van der Waals surface area contributed by atoms with Crippen molar-refractivity contribution in [1.82, 2.24) is 0 Å². The SMILES string of the molecule is COc1ccc(Cl)cc1NCc1ccc(Br)c(C)c1. The molecule has 2 aromatic carbocycles. The number of nitrogens with one attached hydrogen (secondary N) is 1. The summed E-state index contributed by atoms with van der Waals surface area (Å²) in [6.45, 7) is 2.80. The Hall–Kier alpha value is -1.19. The summed E-state index contributed by atoms with van der Waals surface area (Å²) in [5, 5.41) is 4.03. The summed E-state index contributed by atoms with van der Waals surface area (Å²) in [7, 11) is 1.65. The van der Waals surface area contributed by atoms with Crippen molar-refractivity contribution < 1.29 is 4.74 Å². The number of rotatable bonds is 4. The number of ether oxygens (including phenoxy) is 1. The van der Waals surface area contributed by atoms with E-state index >= 15 is 0 Å². The Morgan fingerprint density at radius 3 is 2.68 bits per heavy atom. The third kappa shape index (κ3) is 3.64. The molecule has 0 fully saturated rings. The van der Waals surface area contributed by atoms with Crippen molar-refractivity contribution in [3.05, 3.63) is 57.0 Å². The van der Waals surface area contributed by atoms with Gasteiger partial charge in [0.15, 0.2) is 0 Å². The summed E-state index contributed by atoms with van der Waals surface area (Å²) >= 11 is 9.50. The van der Waals surface area contributed by atoms with E-state index in [9.17, 15) is 0 Å². The van der Waals surface area contributed by atoms with Gasteiger partial charge < -0.3 is 10.1 Å². The summed E-state index contributed by atoms with van der Waals surface area (Å²) in [5.74, 6) is 0.790. The minimum atomic E-state index is 0.690. The molecular weight excluding hydrogens is 326 g/mol. The highest BCUT2D eigenvalue weighted by atomic mass is 79.9. The standard InChI is InChI=1S/C15H15BrClNO/c1-10-7-11(3-5-13(10)16)9-18-14-8-12(17)4-6-15(14)19-2/h3-8,18H,9H2,1-2H3. The molecule has 0 aliphatic heterocycles. The van der Waals surface area contributed by atoms with E-state index in [1.807, 2.05) is 18.2 Å². The van der Waals surface area contributed by atoms with E-state index in [4.69, 9.17) is 16.3 Å². The fourth-order valence-corrected chi connectivity index (χ4v) is 2.25. The summed E-state index contributed by atoms with van der Waals surface area (Å²) in [6.07, 6.45) is 0. The van der Waals surface area contributed by atoms with Crippen LogP contribution in [0.25, 0.3) is 0 Å². The van der Waals surface area contributed by atoms with Crippen molar-refractivity contribution in [3.8, 4) is 5.75 Å². The lowest BCUT2D eigenvalue weighted by atomic mass is 10.1. The molecule has 2 nitrogen and oxygen atoms in total. The molecular formula is C15H15BrClNO. The quantitative estimate of drug-likeness (QED) is 0.842. The minimum absolute atomic E-state index is 0.690. The lowest BCUT2D eigenvalue weighted by molar-refractivity contribution is 0.416. The molecule has 0 saturated carbocycles. The molecule has 1 N–H and O–H groups in total. The van der Waals surface area contributed by atoms with Gasteiger partial charge >= 0.3 is 0 Å². The van der Waals surface area contributed by atoms with E-state index < -0.39 is 0 Å². The van der Waals surface area contributed by atoms with Gasteiger partial charge in [-0.15, -0.1) is 0 Å². The van der Waals surface area contributed by atoms with Gasteiger partial charge in [-0.25, -0.2) is 0 Å². The van der Waals surface area contributed by atoms with Crippen LogP contribution in [0.2, 0.25) is 5.02 Å². The maximum absolute atomic E-state index is 6.00.